The van der Waals surface area contributed by atoms with Gasteiger partial charge in [0.2, 0.25) is 5.75 Å². The second kappa shape index (κ2) is 10.5. The number of carboxylic acid groups (broad SMARTS) is 1. The Morgan fingerprint density at radius 2 is 2.06 bits per heavy atom. The Kier molecular flexibility index (Phi) is 7.46. The number of benzene rings is 2. The van der Waals surface area contributed by atoms with Crippen molar-refractivity contribution in [2.75, 3.05) is 6.61 Å². The lowest BCUT2D eigenvalue weighted by Crippen LogP contribution is -2.25. The quantitative estimate of drug-likeness (QED) is 0.239. The van der Waals surface area contributed by atoms with Crippen molar-refractivity contribution in [3.8, 4) is 5.75 Å². The maximum absolute atomic E-state index is 13.4. The van der Waals surface area contributed by atoms with Crippen LogP contribution >= 0.6 is 27.5 Å². The summed E-state index contributed by atoms with van der Waals surface area (Å²) in [5.74, 6) is -1.05. The highest BCUT2D eigenvalue weighted by molar-refractivity contribution is 9.10. The van der Waals surface area contributed by atoms with Gasteiger partial charge in [-0.05, 0) is 37.1 Å². The Balaban J connectivity index is 1.81. The number of carbonyl (C=O) groups is 1. The third-order valence-corrected chi connectivity index (χ3v) is 6.48. The van der Waals surface area contributed by atoms with E-state index in [1.54, 1.807) is 12.1 Å². The van der Waals surface area contributed by atoms with E-state index in [2.05, 4.69) is 21.0 Å². The molecule has 1 fully saturated rings. The standard InChI is InChI=1S/C23H20BrClN4O6/c24-15-6-7-18-16(10-15)23(32)28(22(27-18)14-4-2-1-3-5-14)26-11-13-8-17(25)21(35-12-20(30)31)19(9-13)29(33)34/h6-11,14H,1-5,12H2,(H,30,31). The fourth-order valence-corrected chi connectivity index (χ4v) is 4.75. The minimum atomic E-state index is -1.30. The number of hydrogen-bond donors (Lipinski definition) is 1. The molecule has 3 aromatic rings. The van der Waals surface area contributed by atoms with Crippen molar-refractivity contribution in [2.24, 2.45) is 5.10 Å². The molecule has 0 aliphatic heterocycles. The highest BCUT2D eigenvalue weighted by Gasteiger charge is 2.24. The molecule has 0 saturated heterocycles. The number of nitro benzene ring substituents is 1. The van der Waals surface area contributed by atoms with Crippen molar-refractivity contribution in [1.82, 2.24) is 9.66 Å². The molecule has 1 aromatic heterocycles. The number of nitrogens with zero attached hydrogens (tertiary/aromatic N) is 4. The molecule has 0 amide bonds. The zero-order valence-electron chi connectivity index (χ0n) is 18.3. The van der Waals surface area contributed by atoms with Crippen LogP contribution in [-0.4, -0.2) is 38.5 Å². The number of hydrogen-bond acceptors (Lipinski definition) is 7. The van der Waals surface area contributed by atoms with E-state index in [1.165, 1.54) is 17.0 Å². The van der Waals surface area contributed by atoms with Crippen LogP contribution in [0.15, 0.2) is 44.7 Å². The Bertz CT molecular complexity index is 1400. The van der Waals surface area contributed by atoms with Crippen LogP contribution in [0.25, 0.3) is 10.9 Å². The van der Waals surface area contributed by atoms with Crippen molar-refractivity contribution >= 4 is 56.3 Å². The van der Waals surface area contributed by atoms with Crippen molar-refractivity contribution < 1.29 is 19.6 Å². The normalized spacial score (nSPS) is 14.5. The van der Waals surface area contributed by atoms with Crippen LogP contribution in [0, 0.1) is 10.1 Å². The molecule has 0 bridgehead atoms. The average molecular weight is 564 g/mol. The predicted molar refractivity (Wildman–Crippen MR) is 134 cm³/mol. The zero-order valence-corrected chi connectivity index (χ0v) is 20.7. The molecule has 1 N–H and O–H groups in total. The summed E-state index contributed by atoms with van der Waals surface area (Å²) >= 11 is 9.53. The van der Waals surface area contributed by atoms with Gasteiger partial charge >= 0.3 is 11.7 Å². The lowest BCUT2D eigenvalue weighted by molar-refractivity contribution is -0.385. The van der Waals surface area contributed by atoms with Crippen LogP contribution in [0.2, 0.25) is 5.02 Å². The number of rotatable bonds is 7. The number of nitro groups is 1. The van der Waals surface area contributed by atoms with Crippen molar-refractivity contribution in [3.63, 3.8) is 0 Å². The van der Waals surface area contributed by atoms with E-state index in [9.17, 15) is 19.7 Å². The predicted octanol–water partition coefficient (Wildman–Crippen LogP) is 5.11. The lowest BCUT2D eigenvalue weighted by atomic mass is 9.88. The average Bonchev–Trinajstić information content (AvgIpc) is 2.83. The summed E-state index contributed by atoms with van der Waals surface area (Å²) in [7, 11) is 0. The van der Waals surface area contributed by atoms with Gasteiger partial charge in [-0.2, -0.15) is 9.78 Å². The molecular weight excluding hydrogens is 544 g/mol. The summed E-state index contributed by atoms with van der Waals surface area (Å²) in [4.78, 5) is 39.8. The van der Waals surface area contributed by atoms with E-state index in [0.29, 0.717) is 16.7 Å². The maximum atomic E-state index is 13.4. The number of fused-ring (bicyclic) bond motifs is 1. The molecule has 1 saturated carbocycles. The smallest absolute Gasteiger partial charge is 0.341 e. The molecule has 2 aromatic carbocycles. The van der Waals surface area contributed by atoms with Gasteiger partial charge in [-0.25, -0.2) is 9.78 Å². The van der Waals surface area contributed by atoms with Gasteiger partial charge in [0.05, 0.1) is 27.1 Å². The van der Waals surface area contributed by atoms with Gasteiger partial charge < -0.3 is 9.84 Å². The first-order valence-electron chi connectivity index (χ1n) is 10.8. The zero-order chi connectivity index (χ0) is 25.1. The van der Waals surface area contributed by atoms with Gasteiger partial charge in [-0.15, -0.1) is 0 Å². The van der Waals surface area contributed by atoms with Gasteiger partial charge in [0.15, 0.2) is 6.61 Å². The van der Waals surface area contributed by atoms with Crippen LogP contribution in [0.1, 0.15) is 49.4 Å². The van der Waals surface area contributed by atoms with E-state index in [-0.39, 0.29) is 27.8 Å². The van der Waals surface area contributed by atoms with E-state index >= 15 is 0 Å². The molecule has 0 radical (unpaired) electrons. The summed E-state index contributed by atoms with van der Waals surface area (Å²) in [6.45, 7) is -0.785. The van der Waals surface area contributed by atoms with Crippen LogP contribution in [-0.2, 0) is 4.79 Å². The van der Waals surface area contributed by atoms with E-state index < -0.39 is 23.2 Å². The second-order valence-electron chi connectivity index (χ2n) is 8.12. The highest BCUT2D eigenvalue weighted by Crippen LogP contribution is 2.36. The van der Waals surface area contributed by atoms with Crippen molar-refractivity contribution in [2.45, 2.75) is 38.0 Å². The summed E-state index contributed by atoms with van der Waals surface area (Å²) in [5.41, 5.74) is -0.0557. The van der Waals surface area contributed by atoms with Crippen LogP contribution in [0.3, 0.4) is 0 Å². The van der Waals surface area contributed by atoms with Gasteiger partial charge in [-0.1, -0.05) is 46.8 Å². The lowest BCUT2D eigenvalue weighted by Gasteiger charge is -2.22. The third kappa shape index (κ3) is 5.51. The first kappa shape index (κ1) is 24.8. The largest absolute Gasteiger partial charge is 0.479 e. The molecule has 4 rings (SSSR count). The monoisotopic (exact) mass is 562 g/mol. The fourth-order valence-electron chi connectivity index (χ4n) is 4.11. The molecule has 0 atom stereocenters. The Labute approximate surface area is 212 Å². The highest BCUT2D eigenvalue weighted by atomic mass is 79.9. The third-order valence-electron chi connectivity index (χ3n) is 5.71. The second-order valence-corrected chi connectivity index (χ2v) is 9.44. The first-order chi connectivity index (χ1) is 16.7. The summed E-state index contributed by atoms with van der Waals surface area (Å²) in [5, 5.41) is 25.0. The number of ether oxygens (including phenoxy) is 1. The molecular formula is C23H20BrClN4O6. The molecule has 12 heteroatoms. The molecule has 0 unspecified atom stereocenters. The first-order valence-corrected chi connectivity index (χ1v) is 12.0. The summed E-state index contributed by atoms with van der Waals surface area (Å²) in [6.07, 6.45) is 6.25. The molecule has 1 heterocycles. The number of aromatic nitrogens is 2. The van der Waals surface area contributed by atoms with Crippen LogP contribution in [0.5, 0.6) is 5.75 Å². The van der Waals surface area contributed by atoms with Gasteiger partial charge in [0.1, 0.15) is 5.82 Å². The Hall–Kier alpha value is -3.31. The topological polar surface area (TPSA) is 137 Å². The Morgan fingerprint density at radius 3 is 2.74 bits per heavy atom. The number of aliphatic carboxylic acids is 1. The Morgan fingerprint density at radius 1 is 1.31 bits per heavy atom. The number of halogens is 2. The number of carboxylic acids is 1. The molecule has 35 heavy (non-hydrogen) atoms. The van der Waals surface area contributed by atoms with E-state index in [1.807, 2.05) is 6.07 Å². The molecule has 1 aliphatic rings. The van der Waals surface area contributed by atoms with E-state index in [4.69, 9.17) is 26.4 Å². The van der Waals surface area contributed by atoms with Crippen LogP contribution < -0.4 is 10.3 Å². The SMILES string of the molecule is O=C(O)COc1c(Cl)cc(C=Nn2c(C3CCCCC3)nc3ccc(Br)cc3c2=O)cc1[N+](=O)[O-]. The minimum Gasteiger partial charge on any atom is -0.479 e. The van der Waals surface area contributed by atoms with Gasteiger partial charge in [-0.3, -0.25) is 14.9 Å². The van der Waals surface area contributed by atoms with Gasteiger partial charge in [0, 0.05) is 22.0 Å². The fraction of sp³-hybridized carbons (Fsp3) is 0.304. The van der Waals surface area contributed by atoms with Crippen molar-refractivity contribution in [1.29, 1.82) is 0 Å². The maximum Gasteiger partial charge on any atom is 0.341 e. The van der Waals surface area contributed by atoms with E-state index in [0.717, 1.165) is 42.6 Å². The molecule has 10 nitrogen and oxygen atoms in total. The van der Waals surface area contributed by atoms with Crippen LogP contribution in [0.4, 0.5) is 5.69 Å². The molecule has 1 aliphatic carbocycles. The summed E-state index contributed by atoms with van der Waals surface area (Å²) < 4.78 is 6.97. The van der Waals surface area contributed by atoms with Crippen molar-refractivity contribution in [3.05, 3.63) is 71.7 Å². The molecule has 182 valence electrons. The summed E-state index contributed by atoms with van der Waals surface area (Å²) in [6, 6.07) is 7.79. The van der Waals surface area contributed by atoms with Gasteiger partial charge in [0.25, 0.3) is 5.56 Å². The minimum absolute atomic E-state index is 0.0614. The molecule has 0 spiro atoms.